The van der Waals surface area contributed by atoms with Crippen molar-refractivity contribution in [1.82, 2.24) is 10.2 Å². The quantitative estimate of drug-likeness (QED) is 0.753. The Balaban J connectivity index is 2.66. The van der Waals surface area contributed by atoms with Gasteiger partial charge in [0.2, 0.25) is 0 Å². The average Bonchev–Trinajstić information content (AvgIpc) is 2.17. The monoisotopic (exact) mass is 179 g/mol. The molecule has 0 atom stereocenters. The predicted octanol–water partition coefficient (Wildman–Crippen LogP) is 2.25. The lowest BCUT2D eigenvalue weighted by Crippen LogP contribution is -2.04. The zero-order chi connectivity index (χ0) is 9.52. The molecule has 0 unspecified atom stereocenters. The molecule has 3 nitrogen and oxygen atoms in total. The first-order valence-electron chi connectivity index (χ1n) is 4.93. The molecule has 1 aromatic rings. The Bertz CT molecular complexity index is 248. The number of nitrogens with zero attached hydrogens (tertiary/aromatic N) is 2. The summed E-state index contributed by atoms with van der Waals surface area (Å²) < 4.78 is 0. The van der Waals surface area contributed by atoms with Crippen molar-refractivity contribution in [2.75, 3.05) is 11.9 Å². The van der Waals surface area contributed by atoms with Gasteiger partial charge in [0.15, 0.2) is 5.82 Å². The molecule has 1 N–H and O–H groups in total. The molecule has 0 fully saturated rings. The highest BCUT2D eigenvalue weighted by Gasteiger charge is 2.01. The van der Waals surface area contributed by atoms with E-state index in [1.807, 2.05) is 6.07 Å². The molecular weight excluding hydrogens is 162 g/mol. The summed E-state index contributed by atoms with van der Waals surface area (Å²) in [7, 11) is 0. The number of anilines is 1. The second-order valence-corrected chi connectivity index (χ2v) is 3.04. The minimum absolute atomic E-state index is 0.901. The van der Waals surface area contributed by atoms with Gasteiger partial charge >= 0.3 is 0 Å². The summed E-state index contributed by atoms with van der Waals surface area (Å²) >= 11 is 0. The van der Waals surface area contributed by atoms with Gasteiger partial charge in [-0.05, 0) is 31.4 Å². The summed E-state index contributed by atoms with van der Waals surface area (Å²) in [4.78, 5) is 0. The molecule has 0 saturated heterocycles. The first-order chi connectivity index (χ1) is 6.38. The molecule has 0 saturated carbocycles. The van der Waals surface area contributed by atoms with Crippen LogP contribution in [0.25, 0.3) is 0 Å². The fraction of sp³-hybridized carbons (Fsp3) is 0.600. The van der Waals surface area contributed by atoms with E-state index in [0.29, 0.717) is 0 Å². The largest absolute Gasteiger partial charge is 0.369 e. The normalized spacial score (nSPS) is 10.0. The Morgan fingerprint density at radius 2 is 2.23 bits per heavy atom. The van der Waals surface area contributed by atoms with Crippen LogP contribution in [-0.4, -0.2) is 16.7 Å². The van der Waals surface area contributed by atoms with Crippen LogP contribution in [-0.2, 0) is 6.42 Å². The van der Waals surface area contributed by atoms with Gasteiger partial charge in [0, 0.05) is 6.54 Å². The van der Waals surface area contributed by atoms with Crippen molar-refractivity contribution in [2.45, 2.75) is 33.1 Å². The number of hydrogen-bond acceptors (Lipinski definition) is 3. The van der Waals surface area contributed by atoms with E-state index < -0.39 is 0 Å². The zero-order valence-electron chi connectivity index (χ0n) is 8.38. The lowest BCUT2D eigenvalue weighted by molar-refractivity contribution is 0.787. The summed E-state index contributed by atoms with van der Waals surface area (Å²) in [6, 6.07) is 2.04. The Morgan fingerprint density at radius 3 is 2.92 bits per heavy atom. The van der Waals surface area contributed by atoms with Gasteiger partial charge in [0.05, 0.1) is 6.20 Å². The SMILES string of the molecule is CCCCc1ccnnc1NCC. The molecular formula is C10H17N3. The summed E-state index contributed by atoms with van der Waals surface area (Å²) in [5.41, 5.74) is 1.28. The predicted molar refractivity (Wildman–Crippen MR) is 54.8 cm³/mol. The maximum absolute atomic E-state index is 4.06. The van der Waals surface area contributed by atoms with E-state index in [0.717, 1.165) is 18.8 Å². The van der Waals surface area contributed by atoms with Gasteiger partial charge in [0.1, 0.15) is 0 Å². The first-order valence-corrected chi connectivity index (χ1v) is 4.93. The Morgan fingerprint density at radius 1 is 1.38 bits per heavy atom. The van der Waals surface area contributed by atoms with Crippen molar-refractivity contribution in [3.05, 3.63) is 17.8 Å². The van der Waals surface area contributed by atoms with Gasteiger partial charge in [-0.25, -0.2) is 0 Å². The van der Waals surface area contributed by atoms with E-state index in [2.05, 4.69) is 29.4 Å². The Hall–Kier alpha value is -1.12. The van der Waals surface area contributed by atoms with Crippen LogP contribution in [0.1, 0.15) is 32.3 Å². The van der Waals surface area contributed by atoms with Crippen LogP contribution < -0.4 is 5.32 Å². The van der Waals surface area contributed by atoms with Crippen molar-refractivity contribution in [3.8, 4) is 0 Å². The first kappa shape index (κ1) is 9.96. The maximum Gasteiger partial charge on any atom is 0.151 e. The van der Waals surface area contributed by atoms with E-state index in [1.165, 1.54) is 18.4 Å². The van der Waals surface area contributed by atoms with Gasteiger partial charge in [-0.1, -0.05) is 13.3 Å². The van der Waals surface area contributed by atoms with Gasteiger partial charge in [-0.2, -0.15) is 5.10 Å². The van der Waals surface area contributed by atoms with Gasteiger partial charge < -0.3 is 5.32 Å². The third-order valence-electron chi connectivity index (χ3n) is 1.95. The topological polar surface area (TPSA) is 37.8 Å². The fourth-order valence-corrected chi connectivity index (χ4v) is 1.24. The highest BCUT2D eigenvalue weighted by atomic mass is 15.2. The van der Waals surface area contributed by atoms with E-state index in [4.69, 9.17) is 0 Å². The van der Waals surface area contributed by atoms with Crippen molar-refractivity contribution in [2.24, 2.45) is 0 Å². The van der Waals surface area contributed by atoms with Crippen molar-refractivity contribution >= 4 is 5.82 Å². The molecule has 0 bridgehead atoms. The number of hydrogen-bond donors (Lipinski definition) is 1. The standard InChI is InChI=1S/C10H17N3/c1-3-5-6-9-7-8-12-13-10(9)11-4-2/h7-8H,3-6H2,1-2H3,(H,11,13). The summed E-state index contributed by atoms with van der Waals surface area (Å²) in [6.45, 7) is 5.16. The second-order valence-electron chi connectivity index (χ2n) is 3.04. The second kappa shape index (κ2) is 5.51. The average molecular weight is 179 g/mol. The van der Waals surface area contributed by atoms with E-state index >= 15 is 0 Å². The van der Waals surface area contributed by atoms with Crippen LogP contribution in [0.2, 0.25) is 0 Å². The molecule has 0 radical (unpaired) electrons. The molecule has 0 aliphatic rings. The van der Waals surface area contributed by atoms with E-state index in [9.17, 15) is 0 Å². The molecule has 0 aromatic carbocycles. The number of aromatic nitrogens is 2. The van der Waals surface area contributed by atoms with Gasteiger partial charge in [0.25, 0.3) is 0 Å². The molecule has 0 spiro atoms. The number of unbranched alkanes of at least 4 members (excludes halogenated alkanes) is 1. The highest BCUT2D eigenvalue weighted by Crippen LogP contribution is 2.12. The van der Waals surface area contributed by atoms with Crippen LogP contribution in [0.3, 0.4) is 0 Å². The van der Waals surface area contributed by atoms with E-state index in [-0.39, 0.29) is 0 Å². The fourth-order valence-electron chi connectivity index (χ4n) is 1.24. The summed E-state index contributed by atoms with van der Waals surface area (Å²) in [5.74, 6) is 0.943. The Labute approximate surface area is 79.6 Å². The molecule has 1 heterocycles. The van der Waals surface area contributed by atoms with Crippen LogP contribution >= 0.6 is 0 Å². The lowest BCUT2D eigenvalue weighted by atomic mass is 10.1. The Kier molecular flexibility index (Phi) is 4.23. The zero-order valence-corrected chi connectivity index (χ0v) is 8.38. The number of rotatable bonds is 5. The van der Waals surface area contributed by atoms with Gasteiger partial charge in [-0.3, -0.25) is 0 Å². The maximum atomic E-state index is 4.06. The van der Waals surface area contributed by atoms with Crippen LogP contribution in [0, 0.1) is 0 Å². The minimum atomic E-state index is 0.901. The molecule has 72 valence electrons. The molecule has 0 aliphatic heterocycles. The molecule has 1 aromatic heterocycles. The summed E-state index contributed by atoms with van der Waals surface area (Å²) in [5, 5.41) is 11.1. The van der Waals surface area contributed by atoms with E-state index in [1.54, 1.807) is 6.20 Å². The number of aryl methyl sites for hydroxylation is 1. The van der Waals surface area contributed by atoms with Crippen molar-refractivity contribution < 1.29 is 0 Å². The highest BCUT2D eigenvalue weighted by molar-refractivity contribution is 5.42. The lowest BCUT2D eigenvalue weighted by Gasteiger charge is -2.06. The van der Waals surface area contributed by atoms with Crippen molar-refractivity contribution in [3.63, 3.8) is 0 Å². The molecule has 0 amide bonds. The minimum Gasteiger partial charge on any atom is -0.369 e. The molecule has 0 aliphatic carbocycles. The van der Waals surface area contributed by atoms with Crippen molar-refractivity contribution in [1.29, 1.82) is 0 Å². The summed E-state index contributed by atoms with van der Waals surface area (Å²) in [6.07, 6.45) is 5.28. The van der Waals surface area contributed by atoms with Crippen LogP contribution in [0.5, 0.6) is 0 Å². The third-order valence-corrected chi connectivity index (χ3v) is 1.95. The molecule has 1 rings (SSSR count). The third kappa shape index (κ3) is 3.01. The van der Waals surface area contributed by atoms with Gasteiger partial charge in [-0.15, -0.1) is 5.10 Å². The molecule has 3 heteroatoms. The smallest absolute Gasteiger partial charge is 0.151 e. The van der Waals surface area contributed by atoms with Crippen LogP contribution in [0.15, 0.2) is 12.3 Å². The van der Waals surface area contributed by atoms with Crippen LogP contribution in [0.4, 0.5) is 5.82 Å². The molecule has 13 heavy (non-hydrogen) atoms. The number of nitrogens with one attached hydrogen (secondary N) is 1.